The number of ether oxygens (including phenoxy) is 1. The van der Waals surface area contributed by atoms with Crippen LogP contribution in [0.2, 0.25) is 0 Å². The van der Waals surface area contributed by atoms with Gasteiger partial charge in [-0.1, -0.05) is 12.1 Å². The van der Waals surface area contributed by atoms with Gasteiger partial charge in [-0.3, -0.25) is 4.79 Å². The van der Waals surface area contributed by atoms with Crippen LogP contribution in [0.3, 0.4) is 0 Å². The van der Waals surface area contributed by atoms with Crippen molar-refractivity contribution in [1.29, 1.82) is 5.41 Å². The first kappa shape index (κ1) is 21.3. The second-order valence-corrected chi connectivity index (χ2v) is 7.57. The van der Waals surface area contributed by atoms with Gasteiger partial charge in [-0.25, -0.2) is 14.5 Å². The highest BCUT2D eigenvalue weighted by molar-refractivity contribution is 5.94. The number of carbonyl (C=O) groups excluding carboxylic acids is 1. The Morgan fingerprint density at radius 1 is 1.06 bits per heavy atom. The fourth-order valence-electron chi connectivity index (χ4n) is 3.60. The molecule has 0 atom stereocenters. The molecule has 9 nitrogen and oxygen atoms in total. The van der Waals surface area contributed by atoms with Gasteiger partial charge in [-0.15, -0.1) is 0 Å². The topological polar surface area (TPSA) is 112 Å². The number of nitrogens with zero attached hydrogens (tertiary/aromatic N) is 5. The lowest BCUT2D eigenvalue weighted by Crippen LogP contribution is -2.40. The average molecular weight is 451 g/mol. The number of rotatable bonds is 4. The van der Waals surface area contributed by atoms with E-state index in [4.69, 9.17) is 15.2 Å². The molecule has 2 N–H and O–H groups in total. The molecular weight excluding hydrogens is 430 g/mol. The number of carbonyl (C=O) groups is 1. The van der Waals surface area contributed by atoms with Crippen molar-refractivity contribution in [2.45, 2.75) is 0 Å². The van der Waals surface area contributed by atoms with Crippen molar-refractivity contribution in [1.82, 2.24) is 29.5 Å². The number of nitrogens with one attached hydrogen (secondary N) is 2. The molecule has 1 aromatic carbocycles. The molecule has 34 heavy (non-hydrogen) atoms. The zero-order valence-electron chi connectivity index (χ0n) is 18.2. The van der Waals surface area contributed by atoms with E-state index in [-0.39, 0.29) is 5.91 Å². The van der Waals surface area contributed by atoms with E-state index >= 15 is 0 Å². The van der Waals surface area contributed by atoms with Crippen LogP contribution in [0.1, 0.15) is 27.6 Å². The van der Waals surface area contributed by atoms with Gasteiger partial charge in [0.2, 0.25) is 0 Å². The minimum absolute atomic E-state index is 0.0145. The standard InChI is InChI=1S/C25H21N7O2/c26-11-1-2-23-27-16-20(29-23)7-8-21-17-28-24-10-9-22(30-32(21)24)18-3-5-19(6-4-18)25(33)31-12-14-34-15-13-31/h1-6,9-11,16-17,26H,12-15H2,(H,27,29)/b2-1-,26-11?. The van der Waals surface area contributed by atoms with Crippen LogP contribution in [0, 0.1) is 17.3 Å². The highest BCUT2D eigenvalue weighted by atomic mass is 16.5. The second kappa shape index (κ2) is 9.52. The van der Waals surface area contributed by atoms with Crippen LogP contribution < -0.4 is 0 Å². The first-order valence-corrected chi connectivity index (χ1v) is 10.8. The van der Waals surface area contributed by atoms with E-state index in [0.29, 0.717) is 54.7 Å². The monoisotopic (exact) mass is 451 g/mol. The van der Waals surface area contributed by atoms with Crippen molar-refractivity contribution in [3.8, 4) is 23.1 Å². The molecule has 168 valence electrons. The number of hydrogen-bond acceptors (Lipinski definition) is 6. The molecule has 5 rings (SSSR count). The number of benzene rings is 1. The maximum Gasteiger partial charge on any atom is 0.254 e. The molecule has 9 heteroatoms. The minimum atomic E-state index is 0.0145. The SMILES string of the molecule is N=C/C=C\c1ncc(C#Cc2cnc3ccc(-c4ccc(C(=O)N5CCOCC5)cc4)nn23)[nH]1. The van der Waals surface area contributed by atoms with Gasteiger partial charge in [-0.05, 0) is 48.3 Å². The molecule has 0 radical (unpaired) electrons. The van der Waals surface area contributed by atoms with Crippen LogP contribution in [0.4, 0.5) is 0 Å². The van der Waals surface area contributed by atoms with Crippen molar-refractivity contribution in [2.75, 3.05) is 26.3 Å². The summed E-state index contributed by atoms with van der Waals surface area (Å²) < 4.78 is 7.02. The van der Waals surface area contributed by atoms with Crippen LogP contribution in [0.15, 0.2) is 54.9 Å². The summed E-state index contributed by atoms with van der Waals surface area (Å²) in [5.74, 6) is 6.76. The number of fused-ring (bicyclic) bond motifs is 1. The number of amides is 1. The molecule has 0 bridgehead atoms. The first-order chi connectivity index (χ1) is 16.7. The lowest BCUT2D eigenvalue weighted by molar-refractivity contribution is 0.0303. The predicted octanol–water partition coefficient (Wildman–Crippen LogP) is 2.65. The van der Waals surface area contributed by atoms with Crippen molar-refractivity contribution in [2.24, 2.45) is 0 Å². The van der Waals surface area contributed by atoms with Gasteiger partial charge in [0, 0.05) is 30.4 Å². The zero-order chi connectivity index (χ0) is 23.3. The van der Waals surface area contributed by atoms with Gasteiger partial charge in [-0.2, -0.15) is 5.10 Å². The van der Waals surface area contributed by atoms with Crippen molar-refractivity contribution < 1.29 is 9.53 Å². The van der Waals surface area contributed by atoms with Crippen molar-refractivity contribution in [3.05, 3.63) is 77.6 Å². The van der Waals surface area contributed by atoms with Gasteiger partial charge in [0.05, 0.1) is 31.3 Å². The van der Waals surface area contributed by atoms with Crippen LogP contribution in [-0.4, -0.2) is 67.9 Å². The normalized spacial score (nSPS) is 13.7. The Morgan fingerprint density at radius 3 is 2.68 bits per heavy atom. The number of aromatic amines is 1. The number of aromatic nitrogens is 5. The van der Waals surface area contributed by atoms with Crippen molar-refractivity contribution >= 4 is 23.8 Å². The fourth-order valence-corrected chi connectivity index (χ4v) is 3.60. The highest BCUT2D eigenvalue weighted by Crippen LogP contribution is 2.19. The summed E-state index contributed by atoms with van der Waals surface area (Å²) in [5, 5.41) is 11.7. The number of allylic oxidation sites excluding steroid dienone is 1. The summed E-state index contributed by atoms with van der Waals surface area (Å²) in [7, 11) is 0. The van der Waals surface area contributed by atoms with E-state index in [1.807, 2.05) is 41.3 Å². The summed E-state index contributed by atoms with van der Waals surface area (Å²) >= 11 is 0. The molecule has 1 fully saturated rings. The summed E-state index contributed by atoms with van der Waals surface area (Å²) in [6, 6.07) is 11.2. The smallest absolute Gasteiger partial charge is 0.254 e. The average Bonchev–Trinajstić information content (AvgIpc) is 3.52. The van der Waals surface area contributed by atoms with Crippen LogP contribution >= 0.6 is 0 Å². The van der Waals surface area contributed by atoms with E-state index in [9.17, 15) is 4.79 Å². The molecule has 1 amide bonds. The fraction of sp³-hybridized carbons (Fsp3) is 0.160. The van der Waals surface area contributed by atoms with Crippen LogP contribution in [-0.2, 0) is 4.74 Å². The van der Waals surface area contributed by atoms with Crippen LogP contribution in [0.5, 0.6) is 0 Å². The molecule has 1 aliphatic rings. The third-order valence-electron chi connectivity index (χ3n) is 5.36. The maximum absolute atomic E-state index is 12.7. The molecule has 4 heterocycles. The molecular formula is C25H21N7O2. The van der Waals surface area contributed by atoms with E-state index in [2.05, 4.69) is 26.8 Å². The van der Waals surface area contributed by atoms with Gasteiger partial charge in [0.25, 0.3) is 5.91 Å². The number of hydrogen-bond donors (Lipinski definition) is 2. The van der Waals surface area contributed by atoms with Gasteiger partial charge >= 0.3 is 0 Å². The van der Waals surface area contributed by atoms with Gasteiger partial charge < -0.3 is 20.0 Å². The summed E-state index contributed by atoms with van der Waals surface area (Å²) in [6.07, 6.45) is 7.77. The minimum Gasteiger partial charge on any atom is -0.378 e. The Hall–Kier alpha value is -4.55. The summed E-state index contributed by atoms with van der Waals surface area (Å²) in [5.41, 5.74) is 4.27. The third kappa shape index (κ3) is 4.48. The molecule has 1 aliphatic heterocycles. The van der Waals surface area contributed by atoms with E-state index in [1.165, 1.54) is 6.21 Å². The molecule has 1 saturated heterocycles. The Kier molecular flexibility index (Phi) is 5.97. The number of H-pyrrole nitrogens is 1. The maximum atomic E-state index is 12.7. The third-order valence-corrected chi connectivity index (χ3v) is 5.36. The lowest BCUT2D eigenvalue weighted by atomic mass is 10.1. The molecule has 4 aromatic rings. The Bertz CT molecular complexity index is 1430. The molecule has 0 saturated carbocycles. The van der Waals surface area contributed by atoms with E-state index in [0.717, 1.165) is 11.3 Å². The molecule has 0 spiro atoms. The lowest BCUT2D eigenvalue weighted by Gasteiger charge is -2.26. The van der Waals surface area contributed by atoms with Gasteiger partial charge in [0.1, 0.15) is 17.2 Å². The first-order valence-electron chi connectivity index (χ1n) is 10.8. The van der Waals surface area contributed by atoms with E-state index in [1.54, 1.807) is 29.1 Å². The summed E-state index contributed by atoms with van der Waals surface area (Å²) in [6.45, 7) is 2.38. The Labute approximate surface area is 195 Å². The molecule has 3 aromatic heterocycles. The van der Waals surface area contributed by atoms with Crippen LogP contribution in [0.25, 0.3) is 23.0 Å². The highest BCUT2D eigenvalue weighted by Gasteiger charge is 2.18. The largest absolute Gasteiger partial charge is 0.378 e. The molecule has 0 aliphatic carbocycles. The van der Waals surface area contributed by atoms with E-state index < -0.39 is 0 Å². The number of morpholine rings is 1. The zero-order valence-corrected chi connectivity index (χ0v) is 18.2. The molecule has 0 unspecified atom stereocenters. The quantitative estimate of drug-likeness (QED) is 0.366. The Morgan fingerprint density at radius 2 is 1.88 bits per heavy atom. The van der Waals surface area contributed by atoms with Crippen molar-refractivity contribution in [3.63, 3.8) is 0 Å². The number of imidazole rings is 2. The Balaban J connectivity index is 1.38. The predicted molar refractivity (Wildman–Crippen MR) is 128 cm³/mol. The summed E-state index contributed by atoms with van der Waals surface area (Å²) in [4.78, 5) is 26.1. The second-order valence-electron chi connectivity index (χ2n) is 7.57. The van der Waals surface area contributed by atoms with Gasteiger partial charge in [0.15, 0.2) is 5.65 Å².